The normalized spacial score (nSPS) is 12.0. The predicted octanol–water partition coefficient (Wildman–Crippen LogP) is 2.22. The van der Waals surface area contributed by atoms with E-state index in [4.69, 9.17) is 5.90 Å². The van der Waals surface area contributed by atoms with Crippen molar-refractivity contribution in [2.45, 2.75) is 12.6 Å². The van der Waals surface area contributed by atoms with Gasteiger partial charge in [0.15, 0.2) is 6.23 Å². The third-order valence-corrected chi connectivity index (χ3v) is 2.96. The first kappa shape index (κ1) is 16.9. The third-order valence-electron chi connectivity index (χ3n) is 2.96. The van der Waals surface area contributed by atoms with Gasteiger partial charge in [0.1, 0.15) is 23.0 Å². The molecule has 0 spiro atoms. The number of carbonyl (C=O) groups excluding carboxylic acids is 1. The Morgan fingerprint density at radius 1 is 1.13 bits per heavy atom. The molecule has 2 aromatic rings. The highest BCUT2D eigenvalue weighted by Crippen LogP contribution is 2.15. The van der Waals surface area contributed by atoms with Crippen LogP contribution in [-0.2, 0) is 16.3 Å². The van der Waals surface area contributed by atoms with Gasteiger partial charge in [0.25, 0.3) is 5.91 Å². The van der Waals surface area contributed by atoms with E-state index < -0.39 is 35.2 Å². The SMILES string of the molecule is NOO[C@@H](Cc1ccccc1)NC(=O)c1c(F)cc(F)cc1F. The molecular formula is C15H13F3N2O3. The van der Waals surface area contributed by atoms with Crippen molar-refractivity contribution in [2.75, 3.05) is 0 Å². The number of hydrogen-bond donors (Lipinski definition) is 2. The summed E-state index contributed by atoms with van der Waals surface area (Å²) in [6.07, 6.45) is -0.965. The molecule has 0 bridgehead atoms. The Morgan fingerprint density at radius 3 is 2.30 bits per heavy atom. The van der Waals surface area contributed by atoms with Crippen LogP contribution in [0, 0.1) is 17.5 Å². The van der Waals surface area contributed by atoms with Crippen LogP contribution in [0.2, 0.25) is 0 Å². The molecule has 0 saturated heterocycles. The van der Waals surface area contributed by atoms with Gasteiger partial charge >= 0.3 is 0 Å². The number of hydrogen-bond acceptors (Lipinski definition) is 4. The molecule has 0 aliphatic carbocycles. The van der Waals surface area contributed by atoms with Crippen LogP contribution in [0.15, 0.2) is 42.5 Å². The van der Waals surface area contributed by atoms with Crippen molar-refractivity contribution >= 4 is 5.91 Å². The summed E-state index contributed by atoms with van der Waals surface area (Å²) < 4.78 is 40.0. The highest BCUT2D eigenvalue weighted by Gasteiger charge is 2.22. The number of nitrogens with one attached hydrogen (secondary N) is 1. The molecule has 0 radical (unpaired) electrons. The fourth-order valence-electron chi connectivity index (χ4n) is 1.98. The Labute approximate surface area is 129 Å². The summed E-state index contributed by atoms with van der Waals surface area (Å²) in [6.45, 7) is 0. The summed E-state index contributed by atoms with van der Waals surface area (Å²) in [6, 6.07) is 9.62. The number of halogens is 3. The summed E-state index contributed by atoms with van der Waals surface area (Å²) in [5, 5.41) is 2.22. The number of nitrogens with two attached hydrogens (primary N) is 1. The van der Waals surface area contributed by atoms with E-state index >= 15 is 0 Å². The monoisotopic (exact) mass is 326 g/mol. The predicted molar refractivity (Wildman–Crippen MR) is 74.1 cm³/mol. The third kappa shape index (κ3) is 4.52. The molecule has 23 heavy (non-hydrogen) atoms. The van der Waals surface area contributed by atoms with Crippen molar-refractivity contribution in [1.29, 1.82) is 0 Å². The number of rotatable bonds is 6. The van der Waals surface area contributed by atoms with Gasteiger partial charge in [-0.2, -0.15) is 10.8 Å². The second kappa shape index (κ2) is 7.73. The molecule has 0 saturated carbocycles. The molecular weight excluding hydrogens is 313 g/mol. The first-order valence-corrected chi connectivity index (χ1v) is 6.53. The van der Waals surface area contributed by atoms with Crippen LogP contribution in [0.3, 0.4) is 0 Å². The molecule has 2 rings (SSSR count). The molecule has 1 amide bonds. The van der Waals surface area contributed by atoms with Gasteiger partial charge in [-0.1, -0.05) is 30.3 Å². The molecule has 0 aliphatic rings. The van der Waals surface area contributed by atoms with Crippen molar-refractivity contribution in [3.05, 3.63) is 71.0 Å². The Bertz CT molecular complexity index is 660. The summed E-state index contributed by atoms with van der Waals surface area (Å²) in [7, 11) is 0. The van der Waals surface area contributed by atoms with E-state index in [1.807, 2.05) is 0 Å². The van der Waals surface area contributed by atoms with E-state index in [0.717, 1.165) is 5.56 Å². The topological polar surface area (TPSA) is 73.6 Å². The lowest BCUT2D eigenvalue weighted by Crippen LogP contribution is -2.40. The fourth-order valence-corrected chi connectivity index (χ4v) is 1.98. The molecule has 3 N–H and O–H groups in total. The molecule has 0 fully saturated rings. The lowest BCUT2D eigenvalue weighted by Gasteiger charge is -2.17. The van der Waals surface area contributed by atoms with Crippen LogP contribution in [0.4, 0.5) is 13.2 Å². The van der Waals surface area contributed by atoms with E-state index in [2.05, 4.69) is 15.2 Å². The van der Waals surface area contributed by atoms with Crippen LogP contribution >= 0.6 is 0 Å². The van der Waals surface area contributed by atoms with Crippen molar-refractivity contribution in [3.8, 4) is 0 Å². The average Bonchev–Trinajstić information content (AvgIpc) is 2.47. The van der Waals surface area contributed by atoms with Crippen molar-refractivity contribution in [1.82, 2.24) is 5.32 Å². The molecule has 1 atom stereocenters. The van der Waals surface area contributed by atoms with Crippen LogP contribution in [0.5, 0.6) is 0 Å². The van der Waals surface area contributed by atoms with Gasteiger partial charge in [-0.25, -0.2) is 13.2 Å². The minimum atomic E-state index is -1.33. The quantitative estimate of drug-likeness (QED) is 0.485. The largest absolute Gasteiger partial charge is 0.323 e. The Balaban J connectivity index is 2.15. The van der Waals surface area contributed by atoms with Gasteiger partial charge in [-0.3, -0.25) is 4.79 Å². The molecule has 2 aromatic carbocycles. The number of benzene rings is 2. The van der Waals surface area contributed by atoms with E-state index in [1.165, 1.54) is 0 Å². The fraction of sp³-hybridized carbons (Fsp3) is 0.133. The molecule has 122 valence electrons. The number of carbonyl (C=O) groups is 1. The Morgan fingerprint density at radius 2 is 1.74 bits per heavy atom. The second-order valence-electron chi connectivity index (χ2n) is 4.59. The van der Waals surface area contributed by atoms with E-state index in [-0.39, 0.29) is 6.42 Å². The lowest BCUT2D eigenvalue weighted by atomic mass is 10.1. The minimum Gasteiger partial charge on any atom is -0.323 e. The number of amides is 1. The zero-order chi connectivity index (χ0) is 16.8. The van der Waals surface area contributed by atoms with E-state index in [9.17, 15) is 18.0 Å². The Hall–Kier alpha value is -2.42. The zero-order valence-electron chi connectivity index (χ0n) is 11.8. The maximum Gasteiger partial charge on any atom is 0.259 e. The molecule has 0 aromatic heterocycles. The van der Waals surface area contributed by atoms with Crippen molar-refractivity contribution in [3.63, 3.8) is 0 Å². The van der Waals surface area contributed by atoms with Crippen LogP contribution in [-0.4, -0.2) is 12.1 Å². The molecule has 0 heterocycles. The van der Waals surface area contributed by atoms with Gasteiger partial charge in [0, 0.05) is 18.6 Å². The van der Waals surface area contributed by atoms with Crippen molar-refractivity contribution < 1.29 is 27.8 Å². The van der Waals surface area contributed by atoms with Gasteiger partial charge in [0.2, 0.25) is 0 Å². The Kier molecular flexibility index (Phi) is 5.69. The average molecular weight is 326 g/mol. The summed E-state index contributed by atoms with van der Waals surface area (Å²) in [5.74, 6) is -0.100. The molecule has 0 aliphatic heterocycles. The van der Waals surface area contributed by atoms with Gasteiger partial charge in [0.05, 0.1) is 0 Å². The first-order chi connectivity index (χ1) is 11.0. The highest BCUT2D eigenvalue weighted by molar-refractivity contribution is 5.94. The standard InChI is InChI=1S/C15H13F3N2O3/c16-10-7-11(17)14(12(18)8-10)15(21)20-13(22-23-19)6-9-4-2-1-3-5-9/h1-5,7-8,13H,6,19H2,(H,20,21)/t13-/m0/s1. The second-order valence-corrected chi connectivity index (χ2v) is 4.59. The summed E-state index contributed by atoms with van der Waals surface area (Å²) >= 11 is 0. The summed E-state index contributed by atoms with van der Waals surface area (Å²) in [4.78, 5) is 20.7. The molecule has 0 unspecified atom stereocenters. The molecule has 5 nitrogen and oxygen atoms in total. The molecule has 8 heteroatoms. The van der Waals surface area contributed by atoms with Crippen LogP contribution in [0.1, 0.15) is 15.9 Å². The maximum absolute atomic E-state index is 13.6. The van der Waals surface area contributed by atoms with Crippen LogP contribution < -0.4 is 11.2 Å². The minimum absolute atomic E-state index is 0.133. The van der Waals surface area contributed by atoms with Crippen LogP contribution in [0.25, 0.3) is 0 Å². The summed E-state index contributed by atoms with van der Waals surface area (Å²) in [5.41, 5.74) is -0.167. The van der Waals surface area contributed by atoms with Gasteiger partial charge < -0.3 is 5.32 Å². The van der Waals surface area contributed by atoms with Crippen molar-refractivity contribution in [2.24, 2.45) is 5.90 Å². The van der Waals surface area contributed by atoms with E-state index in [1.54, 1.807) is 30.3 Å². The first-order valence-electron chi connectivity index (χ1n) is 6.53. The van der Waals surface area contributed by atoms with Gasteiger partial charge in [-0.15, -0.1) is 4.99 Å². The zero-order valence-corrected chi connectivity index (χ0v) is 11.8. The highest BCUT2D eigenvalue weighted by atomic mass is 19.1. The smallest absolute Gasteiger partial charge is 0.259 e. The lowest BCUT2D eigenvalue weighted by molar-refractivity contribution is -0.332. The van der Waals surface area contributed by atoms with Gasteiger partial charge in [-0.05, 0) is 5.56 Å². The van der Waals surface area contributed by atoms with E-state index in [0.29, 0.717) is 12.1 Å². The maximum atomic E-state index is 13.6.